The molecule has 0 amide bonds. The van der Waals surface area contributed by atoms with Crippen LogP contribution in [0.4, 0.5) is 4.79 Å². The molecule has 3 heterocycles. The van der Waals surface area contributed by atoms with Crippen molar-refractivity contribution in [1.82, 2.24) is 0 Å². The minimum Gasteiger partial charge on any atom is -0.459 e. The summed E-state index contributed by atoms with van der Waals surface area (Å²) >= 11 is 0. The van der Waals surface area contributed by atoms with Gasteiger partial charge in [-0.1, -0.05) is 116 Å². The van der Waals surface area contributed by atoms with E-state index in [4.69, 9.17) is 56.8 Å². The molecule has 0 aromatic heterocycles. The number of carbonyl (C=O) groups excluding carboxylic acids is 5. The smallest absolute Gasteiger partial charge is 0.459 e. The van der Waals surface area contributed by atoms with Gasteiger partial charge in [-0.2, -0.15) is 0 Å². The summed E-state index contributed by atoms with van der Waals surface area (Å²) in [6, 6.07) is 41.1. The van der Waals surface area contributed by atoms with E-state index in [-0.39, 0.29) is 42.1 Å². The Morgan fingerprint density at radius 1 is 0.563 bits per heavy atom. The number of benzene rings is 5. The third kappa shape index (κ3) is 12.9. The zero-order valence-electron chi connectivity index (χ0n) is 38.8. The Hall–Kier alpha value is -7.25. The SMILES string of the molecule is C=CCOC(=O)O[C@@H]1O[C@@H]2COC(C)(C)O[C@H]2[C@H](OCc2ccccc2)[C@H]1O[C@@H]1O[C@H](COC(=O)c2ccccc2)[C@@H](OC(=O)c2ccccc2)[C@H](OC(=O)c2ccccc2)[C@H]1OC(=O)c1ccccc1. The van der Waals surface area contributed by atoms with Gasteiger partial charge in [-0.3, -0.25) is 0 Å². The highest BCUT2D eigenvalue weighted by molar-refractivity contribution is 5.91. The highest BCUT2D eigenvalue weighted by atomic mass is 16.8. The van der Waals surface area contributed by atoms with E-state index in [0.717, 1.165) is 5.56 Å². The summed E-state index contributed by atoms with van der Waals surface area (Å²) in [6.07, 6.45) is -14.8. The van der Waals surface area contributed by atoms with Crippen molar-refractivity contribution in [2.24, 2.45) is 0 Å². The van der Waals surface area contributed by atoms with Crippen LogP contribution in [0, 0.1) is 0 Å². The molecule has 0 radical (unpaired) electrons. The summed E-state index contributed by atoms with van der Waals surface area (Å²) in [7, 11) is 0. The molecule has 0 N–H and O–H groups in total. The Morgan fingerprint density at radius 2 is 1.06 bits per heavy atom. The van der Waals surface area contributed by atoms with Gasteiger partial charge in [0.15, 0.2) is 36.5 Å². The Morgan fingerprint density at radius 3 is 1.59 bits per heavy atom. The maximum Gasteiger partial charge on any atom is 0.511 e. The molecule has 5 aromatic carbocycles. The largest absolute Gasteiger partial charge is 0.511 e. The average Bonchev–Trinajstić information content (AvgIpc) is 3.39. The van der Waals surface area contributed by atoms with Crippen LogP contribution < -0.4 is 0 Å². The minimum atomic E-state index is -1.86. The van der Waals surface area contributed by atoms with E-state index in [1.54, 1.807) is 86.6 Å². The molecule has 8 rings (SSSR count). The fraction of sp³-hybridized carbons (Fsp3) is 0.315. The summed E-state index contributed by atoms with van der Waals surface area (Å²) in [5, 5.41) is 0. The van der Waals surface area contributed by atoms with Crippen molar-refractivity contribution in [2.75, 3.05) is 19.8 Å². The molecule has 71 heavy (non-hydrogen) atoms. The number of fused-ring (bicyclic) bond motifs is 1. The second-order valence-corrected chi connectivity index (χ2v) is 16.9. The van der Waals surface area contributed by atoms with E-state index in [9.17, 15) is 24.0 Å². The second-order valence-electron chi connectivity index (χ2n) is 16.9. The minimum absolute atomic E-state index is 0.0162. The van der Waals surface area contributed by atoms with Gasteiger partial charge in [0.25, 0.3) is 0 Å². The number of ether oxygens (including phenoxy) is 12. The summed E-state index contributed by atoms with van der Waals surface area (Å²) in [6.45, 7) is 6.10. The third-order valence-electron chi connectivity index (χ3n) is 11.5. The number of rotatable bonds is 17. The molecule has 17 nitrogen and oxygen atoms in total. The average molecular weight is 973 g/mol. The monoisotopic (exact) mass is 972 g/mol. The number of carbonyl (C=O) groups is 5. The Bertz CT molecular complexity index is 2560. The lowest BCUT2D eigenvalue weighted by Crippen LogP contribution is -2.69. The lowest BCUT2D eigenvalue weighted by Gasteiger charge is -2.52. The maximum atomic E-state index is 14.3. The first-order valence-corrected chi connectivity index (χ1v) is 22.8. The van der Waals surface area contributed by atoms with Gasteiger partial charge in [0.1, 0.15) is 37.6 Å². The van der Waals surface area contributed by atoms with Crippen LogP contribution in [-0.4, -0.2) is 117 Å². The van der Waals surface area contributed by atoms with Crippen LogP contribution in [0.25, 0.3) is 0 Å². The molecule has 17 heteroatoms. The quantitative estimate of drug-likeness (QED) is 0.0506. The summed E-state index contributed by atoms with van der Waals surface area (Å²) in [5.74, 6) is -4.69. The van der Waals surface area contributed by atoms with Gasteiger partial charge in [0.05, 0.1) is 35.5 Å². The van der Waals surface area contributed by atoms with Gasteiger partial charge in [0.2, 0.25) is 6.29 Å². The first-order valence-electron chi connectivity index (χ1n) is 22.8. The van der Waals surface area contributed by atoms with Crippen LogP contribution in [0.1, 0.15) is 60.8 Å². The Kier molecular flexibility index (Phi) is 16.6. The predicted molar refractivity (Wildman–Crippen MR) is 248 cm³/mol. The molecule has 3 fully saturated rings. The first-order chi connectivity index (χ1) is 34.5. The molecule has 0 bridgehead atoms. The van der Waals surface area contributed by atoms with E-state index in [1.165, 1.54) is 54.6 Å². The summed E-state index contributed by atoms with van der Waals surface area (Å²) in [5.41, 5.74) is 1.20. The van der Waals surface area contributed by atoms with Crippen molar-refractivity contribution >= 4 is 30.0 Å². The van der Waals surface area contributed by atoms with Crippen molar-refractivity contribution in [1.29, 1.82) is 0 Å². The highest BCUT2D eigenvalue weighted by Crippen LogP contribution is 2.39. The molecule has 10 atom stereocenters. The summed E-state index contributed by atoms with van der Waals surface area (Å²) < 4.78 is 74.7. The van der Waals surface area contributed by atoms with Gasteiger partial charge < -0.3 is 56.8 Å². The van der Waals surface area contributed by atoms with Crippen LogP contribution in [0.5, 0.6) is 0 Å². The molecule has 0 spiro atoms. The van der Waals surface area contributed by atoms with Crippen LogP contribution >= 0.6 is 0 Å². The molecular weight excluding hydrogens is 921 g/mol. The molecule has 0 unspecified atom stereocenters. The number of hydrogen-bond donors (Lipinski definition) is 0. The third-order valence-corrected chi connectivity index (χ3v) is 11.5. The fourth-order valence-corrected chi connectivity index (χ4v) is 8.04. The van der Waals surface area contributed by atoms with Crippen LogP contribution in [0.15, 0.2) is 164 Å². The van der Waals surface area contributed by atoms with Crippen molar-refractivity contribution in [2.45, 2.75) is 87.7 Å². The van der Waals surface area contributed by atoms with E-state index < -0.39 is 104 Å². The summed E-state index contributed by atoms with van der Waals surface area (Å²) in [4.78, 5) is 69.7. The lowest BCUT2D eigenvalue weighted by atomic mass is 9.95. The van der Waals surface area contributed by atoms with Crippen LogP contribution in [0.2, 0.25) is 0 Å². The van der Waals surface area contributed by atoms with Crippen molar-refractivity contribution in [3.8, 4) is 0 Å². The molecule has 5 aromatic rings. The van der Waals surface area contributed by atoms with Crippen LogP contribution in [0.3, 0.4) is 0 Å². The fourth-order valence-electron chi connectivity index (χ4n) is 8.04. The number of esters is 4. The Balaban J connectivity index is 1.25. The van der Waals surface area contributed by atoms with E-state index in [1.807, 2.05) is 30.3 Å². The molecule has 3 aliphatic rings. The van der Waals surface area contributed by atoms with Crippen molar-refractivity contribution in [3.05, 3.63) is 192 Å². The van der Waals surface area contributed by atoms with Gasteiger partial charge in [-0.15, -0.1) is 0 Å². The van der Waals surface area contributed by atoms with E-state index in [2.05, 4.69) is 6.58 Å². The normalized spacial score (nSPS) is 25.5. The topological polar surface area (TPSA) is 196 Å². The predicted octanol–water partition coefficient (Wildman–Crippen LogP) is 7.43. The standard InChI is InChI=1S/C54H52O17/c1-4-30-60-53(59)70-52-45(43(61-31-34-20-10-5-11-21-34)42-40(65-52)33-63-54(2,3)71-42)69-51-46(68-50(58)38-28-18-9-19-29-38)44(67-49(57)37-26-16-8-17-27-37)41(66-48(56)36-24-14-7-15-25-36)39(64-51)32-62-47(55)35-22-12-6-13-23-35/h4-29,39-46,51-52H,1,30-33H2,2-3H3/t39-,40-,41-,42-,43+,44+,45-,46-,51+,52+/m1/s1. The van der Waals surface area contributed by atoms with Gasteiger partial charge in [-0.25, -0.2) is 24.0 Å². The molecule has 370 valence electrons. The van der Waals surface area contributed by atoms with Gasteiger partial charge in [-0.05, 0) is 67.9 Å². The lowest BCUT2D eigenvalue weighted by molar-refractivity contribution is -0.404. The zero-order valence-corrected chi connectivity index (χ0v) is 38.8. The van der Waals surface area contributed by atoms with E-state index >= 15 is 0 Å². The molecule has 3 saturated heterocycles. The molecule has 3 aliphatic heterocycles. The van der Waals surface area contributed by atoms with Crippen LogP contribution in [-0.2, 0) is 63.4 Å². The molecule has 0 aliphatic carbocycles. The molecule has 0 saturated carbocycles. The highest BCUT2D eigenvalue weighted by Gasteiger charge is 2.59. The van der Waals surface area contributed by atoms with Crippen molar-refractivity contribution in [3.63, 3.8) is 0 Å². The van der Waals surface area contributed by atoms with E-state index in [0.29, 0.717) is 0 Å². The second kappa shape index (κ2) is 23.6. The van der Waals surface area contributed by atoms with Gasteiger partial charge >= 0.3 is 30.0 Å². The van der Waals surface area contributed by atoms with Crippen molar-refractivity contribution < 1.29 is 80.8 Å². The zero-order chi connectivity index (χ0) is 49.7. The maximum absolute atomic E-state index is 14.3. The Labute approximate surface area is 409 Å². The first kappa shape index (κ1) is 50.1. The van der Waals surface area contributed by atoms with Gasteiger partial charge in [0, 0.05) is 0 Å². The molecular formula is C54H52O17. The number of hydrogen-bond acceptors (Lipinski definition) is 17.